The number of nitrogens with one attached hydrogen (secondary N) is 3. The third-order valence-corrected chi connectivity index (χ3v) is 6.91. The molecule has 0 aliphatic heterocycles. The number of likely N-dealkylation sites (N-methyl/N-ethyl adjacent to an activating group) is 1. The molecule has 0 spiro atoms. The van der Waals surface area contributed by atoms with Gasteiger partial charge in [0.1, 0.15) is 11.0 Å². The molecule has 0 radical (unpaired) electrons. The van der Waals surface area contributed by atoms with Crippen LogP contribution in [0.3, 0.4) is 0 Å². The zero-order valence-corrected chi connectivity index (χ0v) is 21.4. The summed E-state index contributed by atoms with van der Waals surface area (Å²) < 4.78 is 0.702. The zero-order valence-electron chi connectivity index (χ0n) is 19.8. The first-order valence-corrected chi connectivity index (χ1v) is 12.5. The number of amides is 1. The van der Waals surface area contributed by atoms with Crippen LogP contribution in [-0.2, 0) is 4.79 Å². The molecule has 0 bridgehead atoms. The van der Waals surface area contributed by atoms with Gasteiger partial charge in [-0.1, -0.05) is 11.6 Å². The average molecular weight is 530 g/mol. The van der Waals surface area contributed by atoms with Crippen molar-refractivity contribution in [1.82, 2.24) is 40.0 Å². The van der Waals surface area contributed by atoms with Crippen molar-refractivity contribution in [1.29, 1.82) is 0 Å². The quantitative estimate of drug-likeness (QED) is 0.281. The van der Waals surface area contributed by atoms with E-state index in [2.05, 4.69) is 30.5 Å². The SMILES string of the molecule is CN(C)CC(=O)Nc1cncc(-c2ccc3[nH]nc(-c4nc5c(-c6ccc(Cl)s6)cncc5[nH]4)c3n2)c1. The van der Waals surface area contributed by atoms with Crippen molar-refractivity contribution in [3.8, 4) is 33.2 Å². The molecule has 6 heterocycles. The van der Waals surface area contributed by atoms with E-state index in [-0.39, 0.29) is 12.5 Å². The molecule has 0 aromatic carbocycles. The molecular weight excluding hydrogens is 510 g/mol. The number of anilines is 1. The van der Waals surface area contributed by atoms with Crippen molar-refractivity contribution in [2.75, 3.05) is 26.0 Å². The number of thiophene rings is 1. The Bertz CT molecular complexity index is 1770. The Balaban J connectivity index is 1.38. The highest BCUT2D eigenvalue weighted by Gasteiger charge is 2.18. The summed E-state index contributed by atoms with van der Waals surface area (Å²) in [6, 6.07) is 9.46. The molecule has 37 heavy (non-hydrogen) atoms. The van der Waals surface area contributed by atoms with Crippen LogP contribution < -0.4 is 5.32 Å². The van der Waals surface area contributed by atoms with Crippen molar-refractivity contribution >= 4 is 56.6 Å². The van der Waals surface area contributed by atoms with E-state index in [4.69, 9.17) is 21.6 Å². The van der Waals surface area contributed by atoms with Crippen LogP contribution in [0.4, 0.5) is 5.69 Å². The number of carbonyl (C=O) groups is 1. The van der Waals surface area contributed by atoms with Crippen LogP contribution in [0.2, 0.25) is 4.34 Å². The molecule has 6 aromatic heterocycles. The highest BCUT2D eigenvalue weighted by atomic mass is 35.5. The minimum atomic E-state index is -0.118. The van der Waals surface area contributed by atoms with Crippen LogP contribution in [0.25, 0.3) is 55.3 Å². The Morgan fingerprint density at radius 2 is 1.89 bits per heavy atom. The largest absolute Gasteiger partial charge is 0.335 e. The Labute approximate surface area is 219 Å². The number of aromatic amines is 2. The summed E-state index contributed by atoms with van der Waals surface area (Å²) in [5.41, 5.74) is 6.54. The number of pyridine rings is 3. The lowest BCUT2D eigenvalue weighted by molar-refractivity contribution is -0.116. The van der Waals surface area contributed by atoms with E-state index < -0.39 is 0 Å². The fourth-order valence-electron chi connectivity index (χ4n) is 4.05. The standard InChI is InChI=1S/C25H20ClN9OS/c1-35(2)12-21(36)29-14-7-13(8-27-9-14)16-3-4-17-23(30-16)24(34-33-17)25-31-18-11-28-10-15(22(18)32-25)19-5-6-20(26)37-19/h3-11H,12H2,1-2H3,(H,29,36)(H,31,32)(H,33,34). The van der Waals surface area contributed by atoms with Crippen LogP contribution >= 0.6 is 22.9 Å². The minimum absolute atomic E-state index is 0.118. The van der Waals surface area contributed by atoms with Crippen LogP contribution in [0.15, 0.2) is 55.1 Å². The molecule has 0 aliphatic carbocycles. The molecule has 0 unspecified atom stereocenters. The van der Waals surface area contributed by atoms with Crippen molar-refractivity contribution in [3.05, 3.63) is 59.5 Å². The molecule has 10 nitrogen and oxygen atoms in total. The third kappa shape index (κ3) is 4.55. The summed E-state index contributed by atoms with van der Waals surface area (Å²) in [6.45, 7) is 0.279. The number of imidazole rings is 1. The Morgan fingerprint density at radius 1 is 1.03 bits per heavy atom. The van der Waals surface area contributed by atoms with E-state index in [0.717, 1.165) is 32.6 Å². The molecule has 3 N–H and O–H groups in total. The normalized spacial score (nSPS) is 11.6. The van der Waals surface area contributed by atoms with Crippen molar-refractivity contribution in [2.24, 2.45) is 0 Å². The number of H-pyrrole nitrogens is 2. The van der Waals surface area contributed by atoms with Gasteiger partial charge in [-0.25, -0.2) is 9.97 Å². The molecule has 0 fully saturated rings. The average Bonchev–Trinajstić information content (AvgIpc) is 3.60. The zero-order chi connectivity index (χ0) is 25.5. The summed E-state index contributed by atoms with van der Waals surface area (Å²) in [6.07, 6.45) is 6.84. The van der Waals surface area contributed by atoms with E-state index in [1.807, 2.05) is 44.4 Å². The highest BCUT2D eigenvalue weighted by molar-refractivity contribution is 7.19. The Hall–Kier alpha value is -4.19. The third-order valence-electron chi connectivity index (χ3n) is 5.64. The van der Waals surface area contributed by atoms with Crippen molar-refractivity contribution < 1.29 is 4.79 Å². The molecule has 12 heteroatoms. The van der Waals surface area contributed by atoms with E-state index >= 15 is 0 Å². The van der Waals surface area contributed by atoms with E-state index in [1.165, 1.54) is 11.3 Å². The topological polar surface area (TPSA) is 128 Å². The summed E-state index contributed by atoms with van der Waals surface area (Å²) in [4.78, 5) is 36.6. The number of hydrogen-bond acceptors (Lipinski definition) is 8. The predicted octanol–water partition coefficient (Wildman–Crippen LogP) is 4.84. The molecule has 0 aliphatic rings. The van der Waals surface area contributed by atoms with Crippen LogP contribution in [-0.4, -0.2) is 66.6 Å². The lowest BCUT2D eigenvalue weighted by atomic mass is 10.1. The fraction of sp³-hybridized carbons (Fsp3) is 0.120. The monoisotopic (exact) mass is 529 g/mol. The van der Waals surface area contributed by atoms with Gasteiger partial charge in [-0.3, -0.25) is 19.9 Å². The van der Waals surface area contributed by atoms with Gasteiger partial charge < -0.3 is 15.2 Å². The second-order valence-corrected chi connectivity index (χ2v) is 10.4. The van der Waals surface area contributed by atoms with Gasteiger partial charge in [-0.2, -0.15) is 5.10 Å². The van der Waals surface area contributed by atoms with Gasteiger partial charge in [-0.05, 0) is 44.4 Å². The van der Waals surface area contributed by atoms with Gasteiger partial charge in [0.25, 0.3) is 0 Å². The summed E-state index contributed by atoms with van der Waals surface area (Å²) in [7, 11) is 3.68. The lowest BCUT2D eigenvalue weighted by Gasteiger charge is -2.10. The molecule has 0 saturated carbocycles. The summed E-state index contributed by atoms with van der Waals surface area (Å²) in [5, 5.41) is 10.4. The number of halogens is 1. The first kappa shape index (κ1) is 23.2. The molecule has 6 rings (SSSR count). The van der Waals surface area contributed by atoms with Gasteiger partial charge in [0.05, 0.1) is 45.7 Å². The molecule has 6 aromatic rings. The summed E-state index contributed by atoms with van der Waals surface area (Å²) in [5.74, 6) is 0.457. The Kier molecular flexibility index (Phi) is 5.87. The van der Waals surface area contributed by atoms with Crippen molar-refractivity contribution in [2.45, 2.75) is 0 Å². The van der Waals surface area contributed by atoms with E-state index in [9.17, 15) is 4.79 Å². The maximum Gasteiger partial charge on any atom is 0.238 e. The van der Waals surface area contributed by atoms with Gasteiger partial charge in [0, 0.05) is 28.4 Å². The van der Waals surface area contributed by atoms with E-state index in [1.54, 1.807) is 29.7 Å². The van der Waals surface area contributed by atoms with Gasteiger partial charge >= 0.3 is 0 Å². The van der Waals surface area contributed by atoms with Crippen molar-refractivity contribution in [3.63, 3.8) is 0 Å². The lowest BCUT2D eigenvalue weighted by Crippen LogP contribution is -2.27. The van der Waals surface area contributed by atoms with Crippen LogP contribution in [0, 0.1) is 0 Å². The number of hydrogen-bond donors (Lipinski definition) is 3. The van der Waals surface area contributed by atoms with Crippen LogP contribution in [0.1, 0.15) is 0 Å². The maximum absolute atomic E-state index is 12.2. The molecule has 1 amide bonds. The minimum Gasteiger partial charge on any atom is -0.335 e. The number of rotatable bonds is 6. The predicted molar refractivity (Wildman–Crippen MR) is 146 cm³/mol. The maximum atomic E-state index is 12.2. The first-order chi connectivity index (χ1) is 17.9. The molecular formula is C25H20ClN9OS. The summed E-state index contributed by atoms with van der Waals surface area (Å²) >= 11 is 7.63. The van der Waals surface area contributed by atoms with Crippen LogP contribution in [0.5, 0.6) is 0 Å². The van der Waals surface area contributed by atoms with E-state index in [0.29, 0.717) is 32.8 Å². The molecule has 0 saturated heterocycles. The highest BCUT2D eigenvalue weighted by Crippen LogP contribution is 2.35. The van der Waals surface area contributed by atoms with Gasteiger partial charge in [0.15, 0.2) is 11.5 Å². The second-order valence-electron chi connectivity index (χ2n) is 8.69. The van der Waals surface area contributed by atoms with Gasteiger partial charge in [0.2, 0.25) is 5.91 Å². The Morgan fingerprint density at radius 3 is 2.70 bits per heavy atom. The second kappa shape index (κ2) is 9.36. The van der Waals surface area contributed by atoms with Gasteiger partial charge in [-0.15, -0.1) is 11.3 Å². The number of nitrogens with zero attached hydrogens (tertiary/aromatic N) is 6. The number of aromatic nitrogens is 7. The molecule has 184 valence electrons. The molecule has 0 atom stereocenters. The number of fused-ring (bicyclic) bond motifs is 2. The fourth-order valence-corrected chi connectivity index (χ4v) is 5.10. The number of carbonyl (C=O) groups excluding carboxylic acids is 1. The first-order valence-electron chi connectivity index (χ1n) is 11.3. The smallest absolute Gasteiger partial charge is 0.238 e.